The Labute approximate surface area is 169 Å². The highest BCUT2D eigenvalue weighted by Crippen LogP contribution is 2.23. The van der Waals surface area contributed by atoms with Crippen LogP contribution in [0.3, 0.4) is 0 Å². The summed E-state index contributed by atoms with van der Waals surface area (Å²) in [7, 11) is 0. The van der Waals surface area contributed by atoms with Gasteiger partial charge in [-0.25, -0.2) is 4.98 Å². The number of nitrogens with zero attached hydrogens (tertiary/aromatic N) is 2. The Morgan fingerprint density at radius 3 is 2.75 bits per heavy atom. The first-order chi connectivity index (χ1) is 13.6. The highest BCUT2D eigenvalue weighted by atomic mass is 32.1. The number of aromatic nitrogens is 2. The van der Waals surface area contributed by atoms with E-state index in [1.807, 2.05) is 19.9 Å². The first-order valence-electron chi connectivity index (χ1n) is 9.44. The maximum Gasteiger partial charge on any atom is 0.191 e. The summed E-state index contributed by atoms with van der Waals surface area (Å²) in [5.74, 6) is 2.48. The lowest BCUT2D eigenvalue weighted by Gasteiger charge is -2.08. The molecule has 0 bridgehead atoms. The van der Waals surface area contributed by atoms with E-state index in [1.165, 1.54) is 21.7 Å². The molecular formula is C23H24N2O2S. The Balaban J connectivity index is 1.40. The van der Waals surface area contributed by atoms with E-state index in [2.05, 4.69) is 64.6 Å². The van der Waals surface area contributed by atoms with Crippen molar-refractivity contribution in [1.82, 2.24) is 9.55 Å². The Hall–Kier alpha value is -2.79. The molecule has 0 unspecified atom stereocenters. The standard InChI is InChI=1S/C23H24N2O2S/c1-16-14-25(23-8-5-11-28-23)15-20(16)12-19-6-4-7-21(13-19)26-10-9-22-17(2)27-18(3)24-22/h4-8,11,13-15H,9-10,12H2,1-3H3. The van der Waals surface area contributed by atoms with Gasteiger partial charge >= 0.3 is 0 Å². The number of rotatable bonds is 7. The summed E-state index contributed by atoms with van der Waals surface area (Å²) in [5.41, 5.74) is 4.85. The van der Waals surface area contributed by atoms with Crippen LogP contribution in [0, 0.1) is 20.8 Å². The van der Waals surface area contributed by atoms with E-state index in [1.54, 1.807) is 11.3 Å². The molecule has 0 saturated carbocycles. The van der Waals surface area contributed by atoms with Gasteiger partial charge in [0.05, 0.1) is 17.3 Å². The Morgan fingerprint density at radius 1 is 1.11 bits per heavy atom. The first kappa shape index (κ1) is 18.6. The minimum Gasteiger partial charge on any atom is -0.493 e. The van der Waals surface area contributed by atoms with Crippen LogP contribution in [0.4, 0.5) is 0 Å². The van der Waals surface area contributed by atoms with E-state index in [0.29, 0.717) is 12.5 Å². The van der Waals surface area contributed by atoms with E-state index < -0.39 is 0 Å². The van der Waals surface area contributed by atoms with Crippen LogP contribution < -0.4 is 4.74 Å². The van der Waals surface area contributed by atoms with Gasteiger partial charge in [0.15, 0.2) is 5.89 Å². The van der Waals surface area contributed by atoms with Crippen molar-refractivity contribution in [2.45, 2.75) is 33.6 Å². The van der Waals surface area contributed by atoms with Gasteiger partial charge in [-0.05, 0) is 66.6 Å². The van der Waals surface area contributed by atoms with Crippen molar-refractivity contribution < 1.29 is 9.15 Å². The van der Waals surface area contributed by atoms with Gasteiger partial charge in [0.2, 0.25) is 0 Å². The zero-order chi connectivity index (χ0) is 19.5. The third kappa shape index (κ3) is 4.20. The average Bonchev–Trinajstić information content (AvgIpc) is 3.38. The number of hydrogen-bond acceptors (Lipinski definition) is 4. The zero-order valence-corrected chi connectivity index (χ0v) is 17.3. The highest BCUT2D eigenvalue weighted by Gasteiger charge is 2.09. The minimum atomic E-state index is 0.587. The predicted octanol–water partition coefficient (Wildman–Crippen LogP) is 5.66. The van der Waals surface area contributed by atoms with Crippen LogP contribution in [0.1, 0.15) is 34.0 Å². The minimum absolute atomic E-state index is 0.587. The molecule has 0 fully saturated rings. The van der Waals surface area contributed by atoms with Gasteiger partial charge in [-0.3, -0.25) is 0 Å². The van der Waals surface area contributed by atoms with Gasteiger partial charge in [0.1, 0.15) is 11.5 Å². The molecule has 4 aromatic rings. The summed E-state index contributed by atoms with van der Waals surface area (Å²) in [6.45, 7) is 6.57. The second kappa shape index (κ2) is 8.07. The summed E-state index contributed by atoms with van der Waals surface area (Å²) in [6, 6.07) is 12.6. The third-order valence-corrected chi connectivity index (χ3v) is 5.68. The van der Waals surface area contributed by atoms with Gasteiger partial charge in [-0.1, -0.05) is 12.1 Å². The molecule has 0 atom stereocenters. The van der Waals surface area contributed by atoms with E-state index in [9.17, 15) is 0 Å². The number of oxazole rings is 1. The molecule has 0 radical (unpaired) electrons. The van der Waals surface area contributed by atoms with Crippen molar-refractivity contribution in [2.75, 3.05) is 6.61 Å². The maximum atomic E-state index is 5.96. The van der Waals surface area contributed by atoms with Crippen LogP contribution in [0.15, 0.2) is 58.6 Å². The zero-order valence-electron chi connectivity index (χ0n) is 16.4. The van der Waals surface area contributed by atoms with Crippen molar-refractivity contribution in [2.24, 2.45) is 0 Å². The molecular weight excluding hydrogens is 368 g/mol. The monoisotopic (exact) mass is 392 g/mol. The summed E-state index contributed by atoms with van der Waals surface area (Å²) < 4.78 is 13.6. The smallest absolute Gasteiger partial charge is 0.191 e. The molecule has 0 spiro atoms. The van der Waals surface area contributed by atoms with Gasteiger partial charge < -0.3 is 13.7 Å². The molecule has 4 rings (SSSR count). The molecule has 28 heavy (non-hydrogen) atoms. The molecule has 0 amide bonds. The van der Waals surface area contributed by atoms with Crippen molar-refractivity contribution in [3.63, 3.8) is 0 Å². The van der Waals surface area contributed by atoms with Crippen molar-refractivity contribution in [1.29, 1.82) is 0 Å². The van der Waals surface area contributed by atoms with Crippen LogP contribution in [-0.4, -0.2) is 16.2 Å². The van der Waals surface area contributed by atoms with E-state index in [4.69, 9.17) is 9.15 Å². The SMILES string of the molecule is Cc1nc(CCOc2cccc(Cc3cn(-c4cccs4)cc3C)c2)c(C)o1. The Bertz CT molecular complexity index is 1060. The molecule has 3 aromatic heterocycles. The normalized spacial score (nSPS) is 11.1. The number of aryl methyl sites for hydroxylation is 3. The van der Waals surface area contributed by atoms with Crippen LogP contribution >= 0.6 is 11.3 Å². The van der Waals surface area contributed by atoms with E-state index in [0.717, 1.165) is 30.0 Å². The number of benzene rings is 1. The fraction of sp³-hybridized carbons (Fsp3) is 0.261. The van der Waals surface area contributed by atoms with Crippen LogP contribution in [0.25, 0.3) is 5.00 Å². The second-order valence-electron chi connectivity index (χ2n) is 6.98. The van der Waals surface area contributed by atoms with Gasteiger partial charge in [-0.15, -0.1) is 11.3 Å². The Morgan fingerprint density at radius 2 is 2.00 bits per heavy atom. The second-order valence-corrected chi connectivity index (χ2v) is 7.91. The maximum absolute atomic E-state index is 5.96. The molecule has 5 heteroatoms. The quantitative estimate of drug-likeness (QED) is 0.407. The molecule has 1 aromatic carbocycles. The summed E-state index contributed by atoms with van der Waals surface area (Å²) in [6.07, 6.45) is 6.06. The molecule has 4 nitrogen and oxygen atoms in total. The fourth-order valence-corrected chi connectivity index (χ4v) is 4.04. The topological polar surface area (TPSA) is 40.2 Å². The third-order valence-electron chi connectivity index (χ3n) is 4.80. The molecule has 0 aliphatic carbocycles. The van der Waals surface area contributed by atoms with Gasteiger partial charge in [0, 0.05) is 25.7 Å². The van der Waals surface area contributed by atoms with Crippen LogP contribution in [0.2, 0.25) is 0 Å². The largest absolute Gasteiger partial charge is 0.493 e. The van der Waals surface area contributed by atoms with Gasteiger partial charge in [-0.2, -0.15) is 0 Å². The van der Waals surface area contributed by atoms with Crippen LogP contribution in [0.5, 0.6) is 5.75 Å². The predicted molar refractivity (Wildman–Crippen MR) is 113 cm³/mol. The lowest BCUT2D eigenvalue weighted by atomic mass is 10.0. The summed E-state index contributed by atoms with van der Waals surface area (Å²) >= 11 is 1.75. The molecule has 3 heterocycles. The van der Waals surface area contributed by atoms with Gasteiger partial charge in [0.25, 0.3) is 0 Å². The fourth-order valence-electron chi connectivity index (χ4n) is 3.36. The summed E-state index contributed by atoms with van der Waals surface area (Å²) in [5, 5.41) is 3.34. The molecule has 144 valence electrons. The highest BCUT2D eigenvalue weighted by molar-refractivity contribution is 7.12. The lowest BCUT2D eigenvalue weighted by Crippen LogP contribution is -2.03. The van der Waals surface area contributed by atoms with Crippen LogP contribution in [-0.2, 0) is 12.8 Å². The average molecular weight is 393 g/mol. The van der Waals surface area contributed by atoms with Crippen molar-refractivity contribution >= 4 is 11.3 Å². The van der Waals surface area contributed by atoms with E-state index in [-0.39, 0.29) is 0 Å². The molecule has 0 aliphatic rings. The molecule has 0 saturated heterocycles. The lowest BCUT2D eigenvalue weighted by molar-refractivity contribution is 0.319. The first-order valence-corrected chi connectivity index (χ1v) is 10.3. The van der Waals surface area contributed by atoms with Crippen molar-refractivity contribution in [3.8, 4) is 10.8 Å². The summed E-state index contributed by atoms with van der Waals surface area (Å²) in [4.78, 5) is 4.40. The van der Waals surface area contributed by atoms with E-state index >= 15 is 0 Å². The Kier molecular flexibility index (Phi) is 5.35. The molecule has 0 aliphatic heterocycles. The molecule has 0 N–H and O–H groups in total. The number of hydrogen-bond donors (Lipinski definition) is 0. The van der Waals surface area contributed by atoms with Crippen molar-refractivity contribution in [3.05, 3.63) is 88.2 Å². The number of ether oxygens (including phenoxy) is 1. The number of thiophene rings is 1.